The van der Waals surface area contributed by atoms with Crippen molar-refractivity contribution in [3.8, 4) is 0 Å². The molecule has 1 amide bonds. The molecule has 0 radical (unpaired) electrons. The predicted octanol–water partition coefficient (Wildman–Crippen LogP) is 0.196. The molecule has 0 bridgehead atoms. The van der Waals surface area contributed by atoms with E-state index in [9.17, 15) is 4.79 Å². The van der Waals surface area contributed by atoms with Gasteiger partial charge in [0.1, 0.15) is 0 Å². The van der Waals surface area contributed by atoms with Crippen LogP contribution < -0.4 is 10.6 Å². The molecule has 0 aromatic rings. The molecule has 1 fully saturated rings. The second-order valence-corrected chi connectivity index (χ2v) is 4.15. The number of hydrogen-bond acceptors (Lipinski definition) is 3. The van der Waals surface area contributed by atoms with E-state index in [1.165, 1.54) is 0 Å². The highest BCUT2D eigenvalue weighted by Crippen LogP contribution is 2.01. The smallest absolute Gasteiger partial charge is 0.224 e. The van der Waals surface area contributed by atoms with E-state index >= 15 is 0 Å². The van der Waals surface area contributed by atoms with Gasteiger partial charge in [-0.15, -0.1) is 0 Å². The van der Waals surface area contributed by atoms with Gasteiger partial charge in [0.25, 0.3) is 0 Å². The summed E-state index contributed by atoms with van der Waals surface area (Å²) in [6.07, 6.45) is 1.69. The molecule has 1 saturated heterocycles. The fourth-order valence-corrected chi connectivity index (χ4v) is 1.91. The number of nitrogens with one attached hydrogen (secondary N) is 2. The summed E-state index contributed by atoms with van der Waals surface area (Å²) < 4.78 is 0. The van der Waals surface area contributed by atoms with E-state index in [0.717, 1.165) is 39.1 Å². The van der Waals surface area contributed by atoms with Gasteiger partial charge in [-0.3, -0.25) is 4.79 Å². The molecule has 4 heteroatoms. The highest BCUT2D eigenvalue weighted by molar-refractivity contribution is 5.76. The number of nitrogens with zero attached hydrogens (tertiary/aromatic N) is 1. The average Bonchev–Trinajstić information content (AvgIpc) is 2.45. The Balaban J connectivity index is 2.30. The summed E-state index contributed by atoms with van der Waals surface area (Å²) in [4.78, 5) is 13.9. The van der Waals surface area contributed by atoms with E-state index in [4.69, 9.17) is 0 Å². The van der Waals surface area contributed by atoms with Crippen molar-refractivity contribution in [2.24, 2.45) is 0 Å². The zero-order chi connectivity index (χ0) is 11.1. The Kier molecular flexibility index (Phi) is 5.65. The van der Waals surface area contributed by atoms with Crippen molar-refractivity contribution in [2.45, 2.75) is 32.7 Å². The van der Waals surface area contributed by atoms with Gasteiger partial charge in [0, 0.05) is 32.1 Å². The third-order valence-corrected chi connectivity index (χ3v) is 2.73. The van der Waals surface area contributed by atoms with Crippen LogP contribution in [0.3, 0.4) is 0 Å². The largest absolute Gasteiger partial charge is 0.341 e. The van der Waals surface area contributed by atoms with Crippen molar-refractivity contribution in [3.05, 3.63) is 0 Å². The van der Waals surface area contributed by atoms with Crippen molar-refractivity contribution < 1.29 is 4.79 Å². The van der Waals surface area contributed by atoms with E-state index < -0.39 is 0 Å². The van der Waals surface area contributed by atoms with Crippen LogP contribution in [0.15, 0.2) is 0 Å². The summed E-state index contributed by atoms with van der Waals surface area (Å²) in [7, 11) is 0. The molecule has 0 saturated carbocycles. The molecular weight excluding hydrogens is 190 g/mol. The zero-order valence-corrected chi connectivity index (χ0v) is 9.88. The van der Waals surface area contributed by atoms with Crippen molar-refractivity contribution in [3.63, 3.8) is 0 Å². The van der Waals surface area contributed by atoms with Gasteiger partial charge in [0.2, 0.25) is 5.91 Å². The summed E-state index contributed by atoms with van der Waals surface area (Å²) in [5, 5.41) is 6.57. The lowest BCUT2D eigenvalue weighted by Gasteiger charge is -2.22. The first-order valence-electron chi connectivity index (χ1n) is 5.96. The fourth-order valence-electron chi connectivity index (χ4n) is 1.91. The van der Waals surface area contributed by atoms with Crippen LogP contribution in [0.25, 0.3) is 0 Å². The number of amides is 1. The lowest BCUT2D eigenvalue weighted by molar-refractivity contribution is -0.131. The quantitative estimate of drug-likeness (QED) is 0.701. The predicted molar refractivity (Wildman–Crippen MR) is 61.8 cm³/mol. The third kappa shape index (κ3) is 4.62. The van der Waals surface area contributed by atoms with E-state index in [1.54, 1.807) is 0 Å². The maximum atomic E-state index is 11.9. The minimum atomic E-state index is 0.284. The molecule has 1 atom stereocenters. The molecule has 15 heavy (non-hydrogen) atoms. The van der Waals surface area contributed by atoms with Gasteiger partial charge >= 0.3 is 0 Å². The second-order valence-electron chi connectivity index (χ2n) is 4.15. The van der Waals surface area contributed by atoms with Gasteiger partial charge < -0.3 is 15.5 Å². The lowest BCUT2D eigenvalue weighted by Crippen LogP contribution is -2.38. The Labute approximate surface area is 92.4 Å². The molecule has 0 aliphatic carbocycles. The maximum Gasteiger partial charge on any atom is 0.224 e. The van der Waals surface area contributed by atoms with Crippen LogP contribution in [-0.4, -0.2) is 49.6 Å². The van der Waals surface area contributed by atoms with Crippen molar-refractivity contribution >= 4 is 5.91 Å². The van der Waals surface area contributed by atoms with Gasteiger partial charge in [-0.05, 0) is 26.4 Å². The molecule has 0 aromatic heterocycles. The first-order chi connectivity index (χ1) is 7.24. The molecule has 0 aromatic carbocycles. The number of carbonyl (C=O) groups excluding carboxylic acids is 1. The fraction of sp³-hybridized carbons (Fsp3) is 0.909. The van der Waals surface area contributed by atoms with Crippen LogP contribution in [0.2, 0.25) is 0 Å². The number of hydrogen-bond donors (Lipinski definition) is 2. The SMILES string of the molecule is CCNC(C)CC(=O)N1CCCNCC1. The Hall–Kier alpha value is -0.610. The third-order valence-electron chi connectivity index (χ3n) is 2.73. The van der Waals surface area contributed by atoms with Crippen LogP contribution in [0.5, 0.6) is 0 Å². The topological polar surface area (TPSA) is 44.4 Å². The van der Waals surface area contributed by atoms with Gasteiger partial charge in [-0.1, -0.05) is 6.92 Å². The standard InChI is InChI=1S/C11H23N3O/c1-3-13-10(2)9-11(15)14-7-4-5-12-6-8-14/h10,12-13H,3-9H2,1-2H3. The summed E-state index contributed by atoms with van der Waals surface area (Å²) in [6.45, 7) is 8.79. The van der Waals surface area contributed by atoms with E-state index in [-0.39, 0.29) is 5.91 Å². The molecule has 1 aliphatic heterocycles. The molecule has 4 nitrogen and oxygen atoms in total. The van der Waals surface area contributed by atoms with E-state index in [1.807, 2.05) is 4.90 Å². The van der Waals surface area contributed by atoms with Gasteiger partial charge in [-0.2, -0.15) is 0 Å². The average molecular weight is 213 g/mol. The Morgan fingerprint density at radius 3 is 3.00 bits per heavy atom. The normalized spacial score (nSPS) is 19.7. The highest BCUT2D eigenvalue weighted by atomic mass is 16.2. The van der Waals surface area contributed by atoms with Gasteiger partial charge in [-0.25, -0.2) is 0 Å². The number of rotatable bonds is 4. The summed E-state index contributed by atoms with van der Waals surface area (Å²) in [5.41, 5.74) is 0. The van der Waals surface area contributed by atoms with Crippen molar-refractivity contribution in [2.75, 3.05) is 32.7 Å². The molecule has 2 N–H and O–H groups in total. The summed E-state index contributed by atoms with van der Waals surface area (Å²) in [6, 6.07) is 0.290. The molecule has 0 spiro atoms. The van der Waals surface area contributed by atoms with Gasteiger partial charge in [0.15, 0.2) is 0 Å². The Morgan fingerprint density at radius 1 is 1.47 bits per heavy atom. The first kappa shape index (κ1) is 12.5. The molecule has 1 heterocycles. The van der Waals surface area contributed by atoms with Gasteiger partial charge in [0.05, 0.1) is 0 Å². The molecule has 1 unspecified atom stereocenters. The van der Waals surface area contributed by atoms with Crippen molar-refractivity contribution in [1.29, 1.82) is 0 Å². The van der Waals surface area contributed by atoms with Crippen LogP contribution in [0, 0.1) is 0 Å². The first-order valence-corrected chi connectivity index (χ1v) is 5.96. The minimum absolute atomic E-state index is 0.284. The highest BCUT2D eigenvalue weighted by Gasteiger charge is 2.16. The monoisotopic (exact) mass is 213 g/mol. The Morgan fingerprint density at radius 2 is 2.27 bits per heavy atom. The van der Waals surface area contributed by atoms with Crippen LogP contribution in [0.4, 0.5) is 0 Å². The van der Waals surface area contributed by atoms with Crippen LogP contribution in [0.1, 0.15) is 26.7 Å². The molecule has 88 valence electrons. The van der Waals surface area contributed by atoms with Crippen LogP contribution >= 0.6 is 0 Å². The maximum absolute atomic E-state index is 11.9. The summed E-state index contributed by atoms with van der Waals surface area (Å²) >= 11 is 0. The molecule has 1 aliphatic rings. The second kappa shape index (κ2) is 6.80. The van der Waals surface area contributed by atoms with E-state index in [0.29, 0.717) is 12.5 Å². The zero-order valence-electron chi connectivity index (χ0n) is 9.88. The minimum Gasteiger partial charge on any atom is -0.341 e. The summed E-state index contributed by atoms with van der Waals surface area (Å²) in [5.74, 6) is 0.284. The number of carbonyl (C=O) groups is 1. The van der Waals surface area contributed by atoms with Crippen LogP contribution in [-0.2, 0) is 4.79 Å². The Bertz CT molecular complexity index is 188. The lowest BCUT2D eigenvalue weighted by atomic mass is 10.2. The van der Waals surface area contributed by atoms with Crippen molar-refractivity contribution in [1.82, 2.24) is 15.5 Å². The van der Waals surface area contributed by atoms with E-state index in [2.05, 4.69) is 24.5 Å². The molecule has 1 rings (SSSR count). The molecular formula is C11H23N3O.